The summed E-state index contributed by atoms with van der Waals surface area (Å²) in [5.41, 5.74) is 2.99. The summed E-state index contributed by atoms with van der Waals surface area (Å²) >= 11 is 0. The number of nitrogens with one attached hydrogen (secondary N) is 1. The van der Waals surface area contributed by atoms with E-state index in [-0.39, 0.29) is 23.3 Å². The first-order valence-electron chi connectivity index (χ1n) is 8.09. The highest BCUT2D eigenvalue weighted by Gasteiger charge is 2.22. The summed E-state index contributed by atoms with van der Waals surface area (Å²) in [5.74, 6) is -1.94. The average molecular weight is 339 g/mol. The number of amides is 1. The maximum Gasteiger partial charge on any atom is 0.326 e. The van der Waals surface area contributed by atoms with Gasteiger partial charge >= 0.3 is 5.97 Å². The fraction of sp³-hybridized carbons (Fsp3) is 0.250. The van der Waals surface area contributed by atoms with E-state index in [1.165, 1.54) is 6.07 Å². The molecule has 0 saturated carbocycles. The van der Waals surface area contributed by atoms with Crippen LogP contribution < -0.4 is 5.32 Å². The van der Waals surface area contributed by atoms with Gasteiger partial charge in [0.1, 0.15) is 6.04 Å². The van der Waals surface area contributed by atoms with Crippen LogP contribution in [0.4, 0.5) is 0 Å². The second-order valence-corrected chi connectivity index (χ2v) is 5.95. The van der Waals surface area contributed by atoms with E-state index in [1.807, 2.05) is 19.9 Å². The van der Waals surface area contributed by atoms with Crippen LogP contribution in [0, 0.1) is 13.8 Å². The number of hydrogen-bond donors (Lipinski definition) is 2. The zero-order chi connectivity index (χ0) is 18.6. The van der Waals surface area contributed by atoms with Crippen molar-refractivity contribution in [2.45, 2.75) is 33.2 Å². The van der Waals surface area contributed by atoms with Crippen LogP contribution in [0.2, 0.25) is 0 Å². The molecule has 0 heterocycles. The van der Waals surface area contributed by atoms with E-state index in [1.54, 1.807) is 37.3 Å². The van der Waals surface area contributed by atoms with Gasteiger partial charge in [0.05, 0.1) is 5.56 Å². The molecule has 0 aliphatic heterocycles. The van der Waals surface area contributed by atoms with Crippen molar-refractivity contribution in [1.29, 1.82) is 0 Å². The van der Waals surface area contributed by atoms with Gasteiger partial charge in [-0.25, -0.2) is 4.79 Å². The molecule has 2 aromatic rings. The fourth-order valence-corrected chi connectivity index (χ4v) is 2.49. The van der Waals surface area contributed by atoms with Crippen LogP contribution in [0.25, 0.3) is 0 Å². The topological polar surface area (TPSA) is 83.5 Å². The molecule has 5 nitrogen and oxygen atoms in total. The van der Waals surface area contributed by atoms with Crippen LogP contribution >= 0.6 is 0 Å². The van der Waals surface area contributed by atoms with E-state index >= 15 is 0 Å². The lowest BCUT2D eigenvalue weighted by molar-refractivity contribution is -0.139. The highest BCUT2D eigenvalue weighted by atomic mass is 16.4. The fourth-order valence-electron chi connectivity index (χ4n) is 2.49. The number of carbonyl (C=O) groups is 3. The molecule has 5 heteroatoms. The quantitative estimate of drug-likeness (QED) is 0.792. The summed E-state index contributed by atoms with van der Waals surface area (Å²) in [5, 5.41) is 11.6. The lowest BCUT2D eigenvalue weighted by Crippen LogP contribution is -2.40. The Balaban J connectivity index is 2.37. The van der Waals surface area contributed by atoms with Crippen molar-refractivity contribution in [3.05, 3.63) is 70.3 Å². The Morgan fingerprint density at radius 3 is 2.20 bits per heavy atom. The second-order valence-electron chi connectivity index (χ2n) is 5.95. The molecule has 0 radical (unpaired) electrons. The molecule has 0 aliphatic carbocycles. The summed E-state index contributed by atoms with van der Waals surface area (Å²) in [4.78, 5) is 36.4. The summed E-state index contributed by atoms with van der Waals surface area (Å²) in [6, 6.07) is 10.8. The Morgan fingerprint density at radius 1 is 1.00 bits per heavy atom. The highest BCUT2D eigenvalue weighted by Crippen LogP contribution is 2.18. The summed E-state index contributed by atoms with van der Waals surface area (Å²) in [6.07, 6.45) is 0.258. The smallest absolute Gasteiger partial charge is 0.326 e. The van der Waals surface area contributed by atoms with Gasteiger partial charge in [-0.2, -0.15) is 0 Å². The van der Waals surface area contributed by atoms with Crippen molar-refractivity contribution in [3.63, 3.8) is 0 Å². The molecule has 25 heavy (non-hydrogen) atoms. The van der Waals surface area contributed by atoms with Crippen LogP contribution in [-0.2, 0) is 4.79 Å². The minimum atomic E-state index is -1.10. The SMILES string of the molecule is CCC(NC(=O)c1ccccc1C(=O)c1ccc(C)c(C)c1)C(=O)O. The number of aryl methyl sites for hydroxylation is 2. The summed E-state index contributed by atoms with van der Waals surface area (Å²) in [6.45, 7) is 5.55. The number of carboxylic acid groups (broad SMARTS) is 1. The highest BCUT2D eigenvalue weighted by molar-refractivity contribution is 6.15. The monoisotopic (exact) mass is 339 g/mol. The van der Waals surface area contributed by atoms with Gasteiger partial charge in [-0.3, -0.25) is 9.59 Å². The standard InChI is InChI=1S/C20H21NO4/c1-4-17(20(24)25)21-19(23)16-8-6-5-7-15(16)18(22)14-10-9-12(2)13(3)11-14/h5-11,17H,4H2,1-3H3,(H,21,23)(H,24,25). The van der Waals surface area contributed by atoms with E-state index in [9.17, 15) is 14.4 Å². The summed E-state index contributed by atoms with van der Waals surface area (Å²) < 4.78 is 0. The van der Waals surface area contributed by atoms with Crippen molar-refractivity contribution in [2.75, 3.05) is 0 Å². The van der Waals surface area contributed by atoms with E-state index in [4.69, 9.17) is 5.11 Å². The van der Waals surface area contributed by atoms with Gasteiger partial charge in [-0.1, -0.05) is 37.3 Å². The Labute approximate surface area is 146 Å². The Hall–Kier alpha value is -2.95. The molecule has 130 valence electrons. The molecule has 0 aliphatic rings. The molecular formula is C20H21NO4. The molecule has 2 aromatic carbocycles. The van der Waals surface area contributed by atoms with E-state index in [0.29, 0.717) is 5.56 Å². The normalized spacial score (nSPS) is 11.6. The van der Waals surface area contributed by atoms with Gasteiger partial charge in [0, 0.05) is 11.1 Å². The van der Waals surface area contributed by atoms with Crippen LogP contribution in [-0.4, -0.2) is 28.8 Å². The molecule has 0 fully saturated rings. The molecule has 1 unspecified atom stereocenters. The van der Waals surface area contributed by atoms with Crippen LogP contribution in [0.3, 0.4) is 0 Å². The number of carbonyl (C=O) groups excluding carboxylic acids is 2. The van der Waals surface area contributed by atoms with Gasteiger partial charge in [-0.15, -0.1) is 0 Å². The van der Waals surface area contributed by atoms with Gasteiger partial charge in [-0.05, 0) is 43.5 Å². The molecule has 2 rings (SSSR count). The first kappa shape index (κ1) is 18.4. The van der Waals surface area contributed by atoms with Gasteiger partial charge in [0.25, 0.3) is 5.91 Å². The van der Waals surface area contributed by atoms with E-state index in [2.05, 4.69) is 5.32 Å². The number of aliphatic carboxylic acids is 1. The predicted octanol–water partition coefficient (Wildman–Crippen LogP) is 3.13. The number of hydrogen-bond acceptors (Lipinski definition) is 3. The van der Waals surface area contributed by atoms with Crippen LogP contribution in [0.15, 0.2) is 42.5 Å². The lowest BCUT2D eigenvalue weighted by Gasteiger charge is -2.14. The maximum absolute atomic E-state index is 12.8. The third-order valence-electron chi connectivity index (χ3n) is 4.20. The zero-order valence-corrected chi connectivity index (χ0v) is 14.5. The van der Waals surface area contributed by atoms with Crippen molar-refractivity contribution < 1.29 is 19.5 Å². The minimum absolute atomic E-state index is 0.172. The number of benzene rings is 2. The van der Waals surface area contributed by atoms with Crippen molar-refractivity contribution in [3.8, 4) is 0 Å². The largest absolute Gasteiger partial charge is 0.480 e. The minimum Gasteiger partial charge on any atom is -0.480 e. The van der Waals surface area contributed by atoms with Crippen LogP contribution in [0.1, 0.15) is 50.8 Å². The lowest BCUT2D eigenvalue weighted by atomic mass is 9.95. The maximum atomic E-state index is 12.8. The molecule has 2 N–H and O–H groups in total. The molecule has 0 spiro atoms. The van der Waals surface area contributed by atoms with Crippen molar-refractivity contribution in [2.24, 2.45) is 0 Å². The Kier molecular flexibility index (Phi) is 5.70. The summed E-state index contributed by atoms with van der Waals surface area (Å²) in [7, 11) is 0. The Morgan fingerprint density at radius 2 is 1.64 bits per heavy atom. The number of rotatable bonds is 6. The number of carboxylic acids is 1. The number of ketones is 1. The molecule has 1 atom stereocenters. The van der Waals surface area contributed by atoms with E-state index < -0.39 is 17.9 Å². The molecule has 0 saturated heterocycles. The van der Waals surface area contributed by atoms with Gasteiger partial charge in [0.15, 0.2) is 5.78 Å². The molecule has 1 amide bonds. The third kappa shape index (κ3) is 4.12. The van der Waals surface area contributed by atoms with Crippen molar-refractivity contribution >= 4 is 17.7 Å². The molecule has 0 aromatic heterocycles. The van der Waals surface area contributed by atoms with E-state index in [0.717, 1.165) is 11.1 Å². The first-order chi connectivity index (χ1) is 11.8. The zero-order valence-electron chi connectivity index (χ0n) is 14.5. The van der Waals surface area contributed by atoms with Gasteiger partial charge in [0.2, 0.25) is 0 Å². The Bertz CT molecular complexity index is 826. The van der Waals surface area contributed by atoms with Gasteiger partial charge < -0.3 is 10.4 Å². The third-order valence-corrected chi connectivity index (χ3v) is 4.20. The second kappa shape index (κ2) is 7.75. The van der Waals surface area contributed by atoms with Crippen molar-refractivity contribution in [1.82, 2.24) is 5.32 Å². The molecule has 0 bridgehead atoms. The molecular weight excluding hydrogens is 318 g/mol. The average Bonchev–Trinajstić information content (AvgIpc) is 2.60. The van der Waals surface area contributed by atoms with Crippen LogP contribution in [0.5, 0.6) is 0 Å². The predicted molar refractivity (Wildman–Crippen MR) is 95.0 cm³/mol. The first-order valence-corrected chi connectivity index (χ1v) is 8.09.